The van der Waals surface area contributed by atoms with E-state index in [1.807, 2.05) is 42.6 Å². The van der Waals surface area contributed by atoms with Crippen LogP contribution in [-0.2, 0) is 6.54 Å². The number of hydrogen-bond donors (Lipinski definition) is 3. The number of guanidine groups is 1. The van der Waals surface area contributed by atoms with E-state index in [0.29, 0.717) is 24.6 Å². The van der Waals surface area contributed by atoms with E-state index >= 15 is 0 Å². The zero-order valence-corrected chi connectivity index (χ0v) is 20.5. The lowest BCUT2D eigenvalue weighted by Crippen LogP contribution is -2.39. The van der Waals surface area contributed by atoms with Crippen LogP contribution < -0.4 is 15.4 Å². The smallest absolute Gasteiger partial charge is 0.387 e. The van der Waals surface area contributed by atoms with Crippen molar-refractivity contribution < 1.29 is 18.6 Å². The molecular formula is C22H25F2IN4O2S. The molecule has 1 unspecified atom stereocenters. The molecule has 0 aliphatic heterocycles. The summed E-state index contributed by atoms with van der Waals surface area (Å²) in [6, 6.07) is 15.9. The fourth-order valence-corrected chi connectivity index (χ4v) is 3.59. The maximum absolute atomic E-state index is 12.2. The van der Waals surface area contributed by atoms with Gasteiger partial charge < -0.3 is 20.5 Å². The van der Waals surface area contributed by atoms with E-state index in [2.05, 4.69) is 25.3 Å². The first-order valence-electron chi connectivity index (χ1n) is 9.80. The second-order valence-electron chi connectivity index (χ2n) is 6.55. The number of nitrogens with zero attached hydrogens (tertiary/aromatic N) is 2. The van der Waals surface area contributed by atoms with Crippen molar-refractivity contribution >= 4 is 41.3 Å². The van der Waals surface area contributed by atoms with Crippen LogP contribution in [0.25, 0.3) is 10.6 Å². The van der Waals surface area contributed by atoms with Gasteiger partial charge in [-0.05, 0) is 24.6 Å². The van der Waals surface area contributed by atoms with Crippen molar-refractivity contribution in [1.82, 2.24) is 15.6 Å². The molecule has 0 radical (unpaired) electrons. The molecule has 0 saturated heterocycles. The van der Waals surface area contributed by atoms with Gasteiger partial charge in [0.2, 0.25) is 0 Å². The zero-order chi connectivity index (χ0) is 22.1. The van der Waals surface area contributed by atoms with Crippen LogP contribution in [0.15, 0.2) is 65.0 Å². The molecule has 6 nitrogen and oxygen atoms in total. The van der Waals surface area contributed by atoms with Gasteiger partial charge in [0.25, 0.3) is 0 Å². The third-order valence-electron chi connectivity index (χ3n) is 4.27. The molecule has 0 fully saturated rings. The van der Waals surface area contributed by atoms with Gasteiger partial charge in [-0.2, -0.15) is 8.78 Å². The fraction of sp³-hybridized carbons (Fsp3) is 0.273. The number of aromatic nitrogens is 1. The Morgan fingerprint density at radius 1 is 1.12 bits per heavy atom. The van der Waals surface area contributed by atoms with Gasteiger partial charge in [0, 0.05) is 24.0 Å². The summed E-state index contributed by atoms with van der Waals surface area (Å²) in [7, 11) is 0. The molecule has 0 aliphatic rings. The van der Waals surface area contributed by atoms with Gasteiger partial charge in [-0.1, -0.05) is 42.5 Å². The van der Waals surface area contributed by atoms with Crippen molar-refractivity contribution in [3.05, 3.63) is 71.2 Å². The highest BCUT2D eigenvalue weighted by molar-refractivity contribution is 14.0. The van der Waals surface area contributed by atoms with E-state index in [4.69, 9.17) is 0 Å². The molecule has 0 amide bonds. The van der Waals surface area contributed by atoms with Gasteiger partial charge >= 0.3 is 6.61 Å². The largest absolute Gasteiger partial charge is 0.435 e. The summed E-state index contributed by atoms with van der Waals surface area (Å²) < 4.78 is 28.8. The van der Waals surface area contributed by atoms with Gasteiger partial charge in [-0.25, -0.2) is 9.98 Å². The number of aliphatic imine (C=N–C) groups is 1. The molecule has 10 heteroatoms. The normalized spacial score (nSPS) is 12.2. The molecule has 0 saturated carbocycles. The first kappa shape index (κ1) is 25.9. The summed E-state index contributed by atoms with van der Waals surface area (Å²) >= 11 is 1.57. The highest BCUT2D eigenvalue weighted by atomic mass is 127. The Labute approximate surface area is 206 Å². The van der Waals surface area contributed by atoms with E-state index in [-0.39, 0.29) is 36.3 Å². The Bertz CT molecular complexity index is 972. The van der Waals surface area contributed by atoms with Crippen LogP contribution in [0.3, 0.4) is 0 Å². The Kier molecular flexibility index (Phi) is 10.8. The molecule has 3 rings (SSSR count). The third-order valence-corrected chi connectivity index (χ3v) is 5.21. The molecule has 0 spiro atoms. The van der Waals surface area contributed by atoms with Crippen molar-refractivity contribution in [3.8, 4) is 16.3 Å². The molecule has 2 aromatic carbocycles. The zero-order valence-electron chi connectivity index (χ0n) is 17.4. The standard InChI is InChI=1S/C22H24F2N4O2S.HI/c1-2-25-22(26-12-17-14-31-20(28-17)16-6-4-3-5-7-16)27-13-19(29)15-8-10-18(11-9-15)30-21(23)24;/h3-11,14,19,21,29H,2,12-13H2,1H3,(H2,25,26,27);1H. The first-order chi connectivity index (χ1) is 15.0. The first-order valence-corrected chi connectivity index (χ1v) is 10.7. The minimum atomic E-state index is -2.88. The number of ether oxygens (including phenoxy) is 1. The number of hydrogen-bond acceptors (Lipinski definition) is 5. The molecule has 1 aromatic heterocycles. The number of rotatable bonds is 9. The molecule has 1 heterocycles. The summed E-state index contributed by atoms with van der Waals surface area (Å²) in [4.78, 5) is 9.15. The van der Waals surface area contributed by atoms with E-state index < -0.39 is 12.7 Å². The molecule has 3 aromatic rings. The molecular weight excluding hydrogens is 549 g/mol. The maximum atomic E-state index is 12.2. The van der Waals surface area contributed by atoms with Crippen molar-refractivity contribution in [3.63, 3.8) is 0 Å². The fourth-order valence-electron chi connectivity index (χ4n) is 2.78. The van der Waals surface area contributed by atoms with Crippen molar-refractivity contribution in [2.75, 3.05) is 13.1 Å². The van der Waals surface area contributed by atoms with Gasteiger partial charge in [0.1, 0.15) is 10.8 Å². The summed E-state index contributed by atoms with van der Waals surface area (Å²) in [6.07, 6.45) is -0.839. The topological polar surface area (TPSA) is 78.8 Å². The number of aliphatic hydroxyl groups is 1. The predicted octanol–water partition coefficient (Wildman–Crippen LogP) is 4.82. The molecule has 3 N–H and O–H groups in total. The van der Waals surface area contributed by atoms with Gasteiger partial charge in [0.15, 0.2) is 5.96 Å². The number of benzene rings is 2. The minimum Gasteiger partial charge on any atom is -0.435 e. The van der Waals surface area contributed by atoms with Crippen LogP contribution in [0.1, 0.15) is 24.3 Å². The number of nitrogens with one attached hydrogen (secondary N) is 2. The SMILES string of the molecule is CCNC(=NCc1csc(-c2ccccc2)n1)NCC(O)c1ccc(OC(F)F)cc1.I. The van der Waals surface area contributed by atoms with E-state index in [1.54, 1.807) is 23.5 Å². The summed E-state index contributed by atoms with van der Waals surface area (Å²) in [5, 5.41) is 19.5. The van der Waals surface area contributed by atoms with Gasteiger partial charge in [0.05, 0.1) is 18.3 Å². The molecule has 0 aliphatic carbocycles. The van der Waals surface area contributed by atoms with Crippen LogP contribution in [0.2, 0.25) is 0 Å². The second-order valence-corrected chi connectivity index (χ2v) is 7.41. The van der Waals surface area contributed by atoms with Crippen LogP contribution in [-0.4, -0.2) is 35.8 Å². The van der Waals surface area contributed by atoms with Crippen LogP contribution >= 0.6 is 35.3 Å². The molecule has 0 bridgehead atoms. The van der Waals surface area contributed by atoms with Crippen LogP contribution in [0.5, 0.6) is 5.75 Å². The second kappa shape index (κ2) is 13.3. The Hall–Kier alpha value is -2.31. The number of alkyl halides is 2. The molecule has 32 heavy (non-hydrogen) atoms. The van der Waals surface area contributed by atoms with E-state index in [1.165, 1.54) is 12.1 Å². The maximum Gasteiger partial charge on any atom is 0.387 e. The lowest BCUT2D eigenvalue weighted by Gasteiger charge is -2.16. The Morgan fingerprint density at radius 2 is 1.84 bits per heavy atom. The third kappa shape index (κ3) is 7.99. The van der Waals surface area contributed by atoms with E-state index in [9.17, 15) is 13.9 Å². The lowest BCUT2D eigenvalue weighted by molar-refractivity contribution is -0.0498. The molecule has 1 atom stereocenters. The van der Waals surface area contributed by atoms with Crippen molar-refractivity contribution in [1.29, 1.82) is 0 Å². The van der Waals surface area contributed by atoms with E-state index in [0.717, 1.165) is 16.3 Å². The average Bonchev–Trinajstić information content (AvgIpc) is 3.25. The number of halogens is 3. The van der Waals surface area contributed by atoms with Crippen LogP contribution in [0.4, 0.5) is 8.78 Å². The highest BCUT2D eigenvalue weighted by Gasteiger charge is 2.11. The quantitative estimate of drug-likeness (QED) is 0.194. The lowest BCUT2D eigenvalue weighted by atomic mass is 10.1. The summed E-state index contributed by atoms with van der Waals surface area (Å²) in [5.41, 5.74) is 2.51. The van der Waals surface area contributed by atoms with Crippen LogP contribution in [0, 0.1) is 0 Å². The van der Waals surface area contributed by atoms with Crippen molar-refractivity contribution in [2.24, 2.45) is 4.99 Å². The molecule has 172 valence electrons. The van der Waals surface area contributed by atoms with Crippen molar-refractivity contribution in [2.45, 2.75) is 26.2 Å². The summed E-state index contributed by atoms with van der Waals surface area (Å²) in [5.74, 6) is 0.598. The minimum absolute atomic E-state index is 0. The Morgan fingerprint density at radius 3 is 2.50 bits per heavy atom. The monoisotopic (exact) mass is 574 g/mol. The predicted molar refractivity (Wildman–Crippen MR) is 134 cm³/mol. The van der Waals surface area contributed by atoms with Gasteiger partial charge in [-0.3, -0.25) is 0 Å². The number of thiazole rings is 1. The highest BCUT2D eigenvalue weighted by Crippen LogP contribution is 2.23. The van der Waals surface area contributed by atoms with Gasteiger partial charge in [-0.15, -0.1) is 35.3 Å². The Balaban J connectivity index is 0.00000363. The average molecular weight is 574 g/mol. The number of aliphatic hydroxyl groups excluding tert-OH is 1. The summed E-state index contributed by atoms with van der Waals surface area (Å²) in [6.45, 7) is 0.333.